The van der Waals surface area contributed by atoms with E-state index in [2.05, 4.69) is 34.9 Å². The van der Waals surface area contributed by atoms with E-state index in [4.69, 9.17) is 4.74 Å². The molecule has 180 valence electrons. The maximum absolute atomic E-state index is 12.2. The van der Waals surface area contributed by atoms with Gasteiger partial charge >= 0.3 is 12.1 Å². The van der Waals surface area contributed by atoms with E-state index >= 15 is 0 Å². The van der Waals surface area contributed by atoms with Gasteiger partial charge in [-0.1, -0.05) is 61.4 Å². The zero-order valence-corrected chi connectivity index (χ0v) is 19.3. The topological polar surface area (TPSA) is 105 Å². The Morgan fingerprint density at radius 3 is 2.24 bits per heavy atom. The number of nitrogens with one attached hydrogen (secondary N) is 2. The van der Waals surface area contributed by atoms with Gasteiger partial charge in [-0.2, -0.15) is 0 Å². The highest BCUT2D eigenvalue weighted by Crippen LogP contribution is 2.44. The fraction of sp³-hybridized carbons (Fsp3) is 0.444. The second kappa shape index (κ2) is 11.2. The number of aliphatic carboxylic acids is 1. The number of carbonyl (C=O) groups excluding carboxylic acids is 2. The number of hydrogen-bond acceptors (Lipinski definition) is 4. The van der Waals surface area contributed by atoms with Gasteiger partial charge in [-0.05, 0) is 47.9 Å². The Labute approximate surface area is 199 Å². The standard InChI is InChI=1S/C27H32N2O5/c30-25(29-24-14-6-5-13-22(24)26(31)32)15-7-8-16-28-27(33)34-17-23-20-11-3-1-9-18(20)19-10-2-4-12-21(19)23/h1-4,9-12,22-24H,5-8,13-17H2,(H,28,33)(H,29,30)(H,31,32). The fourth-order valence-corrected chi connectivity index (χ4v) is 5.13. The van der Waals surface area contributed by atoms with Crippen molar-refractivity contribution in [3.63, 3.8) is 0 Å². The molecule has 7 nitrogen and oxygen atoms in total. The molecule has 34 heavy (non-hydrogen) atoms. The van der Waals surface area contributed by atoms with Crippen LogP contribution >= 0.6 is 0 Å². The predicted octanol–water partition coefficient (Wildman–Crippen LogP) is 4.46. The number of carboxylic acid groups (broad SMARTS) is 1. The maximum atomic E-state index is 12.2. The normalized spacial score (nSPS) is 19.1. The molecule has 1 fully saturated rings. The molecule has 0 aromatic heterocycles. The van der Waals surface area contributed by atoms with Crippen molar-refractivity contribution in [1.29, 1.82) is 0 Å². The first-order chi connectivity index (χ1) is 16.5. The van der Waals surface area contributed by atoms with Gasteiger partial charge in [0.05, 0.1) is 5.92 Å². The Balaban J connectivity index is 1.15. The third kappa shape index (κ3) is 5.58. The summed E-state index contributed by atoms with van der Waals surface area (Å²) in [6.07, 6.45) is 4.28. The molecule has 1 saturated carbocycles. The van der Waals surface area contributed by atoms with Crippen molar-refractivity contribution in [2.45, 2.75) is 56.9 Å². The van der Waals surface area contributed by atoms with E-state index in [9.17, 15) is 19.5 Å². The van der Waals surface area contributed by atoms with Crippen LogP contribution in [0.5, 0.6) is 0 Å². The minimum Gasteiger partial charge on any atom is -0.481 e. The van der Waals surface area contributed by atoms with Crippen molar-refractivity contribution in [3.8, 4) is 11.1 Å². The molecule has 2 atom stereocenters. The maximum Gasteiger partial charge on any atom is 0.407 e. The minimum absolute atomic E-state index is 0.0243. The lowest BCUT2D eigenvalue weighted by molar-refractivity contribution is -0.144. The number of fused-ring (bicyclic) bond motifs is 3. The smallest absolute Gasteiger partial charge is 0.407 e. The van der Waals surface area contributed by atoms with E-state index in [-0.39, 0.29) is 24.5 Å². The summed E-state index contributed by atoms with van der Waals surface area (Å²) >= 11 is 0. The monoisotopic (exact) mass is 464 g/mol. The van der Waals surface area contributed by atoms with Gasteiger partial charge < -0.3 is 20.5 Å². The van der Waals surface area contributed by atoms with Crippen LogP contribution in [0.3, 0.4) is 0 Å². The Bertz CT molecular complexity index is 992. The van der Waals surface area contributed by atoms with Crippen molar-refractivity contribution < 1.29 is 24.2 Å². The molecule has 3 N–H and O–H groups in total. The van der Waals surface area contributed by atoms with Crippen LogP contribution in [0.25, 0.3) is 11.1 Å². The lowest BCUT2D eigenvalue weighted by atomic mass is 9.84. The zero-order valence-electron chi connectivity index (χ0n) is 19.3. The number of rotatable bonds is 9. The van der Waals surface area contributed by atoms with E-state index in [1.165, 1.54) is 22.3 Å². The highest BCUT2D eigenvalue weighted by Gasteiger charge is 2.32. The highest BCUT2D eigenvalue weighted by molar-refractivity contribution is 5.79. The van der Waals surface area contributed by atoms with Crippen LogP contribution in [-0.2, 0) is 14.3 Å². The minimum atomic E-state index is -0.836. The number of unbranched alkanes of at least 4 members (excludes halogenated alkanes) is 1. The van der Waals surface area contributed by atoms with Gasteiger partial charge in [0.15, 0.2) is 0 Å². The molecule has 2 aromatic carbocycles. The Hall–Kier alpha value is -3.35. The van der Waals surface area contributed by atoms with Gasteiger partial charge in [-0.3, -0.25) is 9.59 Å². The first kappa shape index (κ1) is 23.8. The number of carboxylic acids is 1. The summed E-state index contributed by atoms with van der Waals surface area (Å²) in [5.74, 6) is -1.43. The van der Waals surface area contributed by atoms with Crippen LogP contribution in [0.4, 0.5) is 4.79 Å². The van der Waals surface area contributed by atoms with Crippen LogP contribution in [-0.4, -0.2) is 42.3 Å². The highest BCUT2D eigenvalue weighted by atomic mass is 16.5. The Morgan fingerprint density at radius 1 is 0.912 bits per heavy atom. The second-order valence-electron chi connectivity index (χ2n) is 9.11. The molecule has 0 aliphatic heterocycles. The number of hydrogen-bond donors (Lipinski definition) is 3. The molecule has 0 radical (unpaired) electrons. The fourth-order valence-electron chi connectivity index (χ4n) is 5.13. The Morgan fingerprint density at radius 2 is 1.56 bits per heavy atom. The molecule has 0 bridgehead atoms. The summed E-state index contributed by atoms with van der Waals surface area (Å²) in [4.78, 5) is 35.8. The molecule has 0 spiro atoms. The quantitative estimate of drug-likeness (QED) is 0.476. The lowest BCUT2D eigenvalue weighted by Crippen LogP contribution is -2.45. The number of carbonyl (C=O) groups is 3. The molecule has 7 heteroatoms. The average Bonchev–Trinajstić information content (AvgIpc) is 3.16. The predicted molar refractivity (Wildman–Crippen MR) is 128 cm³/mol. The molecule has 2 aliphatic rings. The van der Waals surface area contributed by atoms with Crippen molar-refractivity contribution in [3.05, 3.63) is 59.7 Å². The van der Waals surface area contributed by atoms with Crippen LogP contribution in [0.1, 0.15) is 62.0 Å². The molecule has 2 amide bonds. The third-order valence-corrected chi connectivity index (χ3v) is 6.87. The first-order valence-corrected chi connectivity index (χ1v) is 12.2. The SMILES string of the molecule is O=C(CCCCNC(=O)OCC1c2ccccc2-c2ccccc21)NC1CCCCC1C(=O)O. The van der Waals surface area contributed by atoms with Crippen LogP contribution in [0.15, 0.2) is 48.5 Å². The second-order valence-corrected chi connectivity index (χ2v) is 9.11. The van der Waals surface area contributed by atoms with E-state index in [1.807, 2.05) is 24.3 Å². The third-order valence-electron chi connectivity index (χ3n) is 6.87. The number of benzene rings is 2. The lowest BCUT2D eigenvalue weighted by Gasteiger charge is -2.29. The van der Waals surface area contributed by atoms with Gasteiger partial charge in [-0.25, -0.2) is 4.79 Å². The summed E-state index contributed by atoms with van der Waals surface area (Å²) in [5, 5.41) is 15.0. The zero-order chi connectivity index (χ0) is 23.9. The molecule has 0 heterocycles. The van der Waals surface area contributed by atoms with Crippen molar-refractivity contribution >= 4 is 18.0 Å². The molecular formula is C27H32N2O5. The number of amides is 2. The Kier molecular flexibility index (Phi) is 7.83. The summed E-state index contributed by atoms with van der Waals surface area (Å²) in [6, 6.07) is 16.1. The van der Waals surface area contributed by atoms with Crippen molar-refractivity contribution in [1.82, 2.24) is 10.6 Å². The summed E-state index contributed by atoms with van der Waals surface area (Å²) < 4.78 is 5.52. The van der Waals surface area contributed by atoms with Gasteiger partial charge in [-0.15, -0.1) is 0 Å². The van der Waals surface area contributed by atoms with E-state index in [0.29, 0.717) is 38.6 Å². The van der Waals surface area contributed by atoms with Crippen LogP contribution < -0.4 is 10.6 Å². The van der Waals surface area contributed by atoms with Crippen LogP contribution in [0, 0.1) is 5.92 Å². The van der Waals surface area contributed by atoms with E-state index < -0.39 is 18.0 Å². The van der Waals surface area contributed by atoms with Crippen molar-refractivity contribution in [2.24, 2.45) is 5.92 Å². The molecular weight excluding hydrogens is 432 g/mol. The molecule has 2 aromatic rings. The van der Waals surface area contributed by atoms with Gasteiger partial charge in [0.2, 0.25) is 5.91 Å². The van der Waals surface area contributed by atoms with Gasteiger partial charge in [0.1, 0.15) is 6.61 Å². The summed E-state index contributed by atoms with van der Waals surface area (Å²) in [5.41, 5.74) is 4.72. The van der Waals surface area contributed by atoms with Crippen molar-refractivity contribution in [2.75, 3.05) is 13.2 Å². The largest absolute Gasteiger partial charge is 0.481 e. The van der Waals surface area contributed by atoms with Gasteiger partial charge in [0.25, 0.3) is 0 Å². The van der Waals surface area contributed by atoms with E-state index in [0.717, 1.165) is 12.8 Å². The first-order valence-electron chi connectivity index (χ1n) is 12.2. The molecule has 4 rings (SSSR count). The van der Waals surface area contributed by atoms with Gasteiger partial charge in [0, 0.05) is 24.9 Å². The van der Waals surface area contributed by atoms with Crippen LogP contribution in [0.2, 0.25) is 0 Å². The molecule has 2 unspecified atom stereocenters. The number of ether oxygens (including phenoxy) is 1. The number of alkyl carbamates (subject to hydrolysis) is 1. The van der Waals surface area contributed by atoms with E-state index in [1.54, 1.807) is 0 Å². The molecule has 2 aliphatic carbocycles. The summed E-state index contributed by atoms with van der Waals surface area (Å²) in [6.45, 7) is 0.694. The molecule has 0 saturated heterocycles. The average molecular weight is 465 g/mol. The summed E-state index contributed by atoms with van der Waals surface area (Å²) in [7, 11) is 0.